The summed E-state index contributed by atoms with van der Waals surface area (Å²) in [6, 6.07) is 6.33. The van der Waals surface area contributed by atoms with Crippen LogP contribution in [0.15, 0.2) is 23.8 Å². The normalized spacial score (nSPS) is 14.9. The molecule has 1 aliphatic rings. The first-order chi connectivity index (χ1) is 7.63. The van der Waals surface area contributed by atoms with Crippen LogP contribution < -0.4 is 0 Å². The van der Waals surface area contributed by atoms with Gasteiger partial charge in [0.25, 0.3) is 0 Å². The van der Waals surface area contributed by atoms with E-state index in [9.17, 15) is 9.90 Å². The van der Waals surface area contributed by atoms with Crippen LogP contribution in [0.4, 0.5) is 0 Å². The lowest BCUT2D eigenvalue weighted by Gasteiger charge is -2.21. The van der Waals surface area contributed by atoms with Crippen molar-refractivity contribution in [3.8, 4) is 0 Å². The minimum absolute atomic E-state index is 0.598. The molecule has 0 radical (unpaired) electrons. The zero-order valence-electron chi connectivity index (χ0n) is 9.71. The van der Waals surface area contributed by atoms with Crippen molar-refractivity contribution >= 4 is 11.5 Å². The van der Waals surface area contributed by atoms with E-state index in [-0.39, 0.29) is 0 Å². The van der Waals surface area contributed by atoms with Gasteiger partial charge in [0.1, 0.15) is 0 Å². The molecule has 0 unspecified atom stereocenters. The van der Waals surface area contributed by atoms with Crippen molar-refractivity contribution in [3.63, 3.8) is 0 Å². The van der Waals surface area contributed by atoms with Gasteiger partial charge in [0, 0.05) is 5.57 Å². The third-order valence-corrected chi connectivity index (χ3v) is 3.21. The summed E-state index contributed by atoms with van der Waals surface area (Å²) in [5.41, 5.74) is 5.23. The zero-order chi connectivity index (χ0) is 11.7. The van der Waals surface area contributed by atoms with Crippen LogP contribution in [0.25, 0.3) is 5.57 Å². The molecule has 0 saturated carbocycles. The highest BCUT2D eigenvalue weighted by Crippen LogP contribution is 2.33. The minimum Gasteiger partial charge on any atom is -0.478 e. The van der Waals surface area contributed by atoms with Crippen LogP contribution in [-0.2, 0) is 11.2 Å². The van der Waals surface area contributed by atoms with Crippen LogP contribution in [0.1, 0.15) is 36.5 Å². The average Bonchev–Trinajstić information content (AvgIpc) is 2.27. The van der Waals surface area contributed by atoms with E-state index >= 15 is 0 Å². The average molecular weight is 216 g/mol. The summed E-state index contributed by atoms with van der Waals surface area (Å²) in [6.45, 7) is 4.07. The lowest BCUT2D eigenvalue weighted by molar-refractivity contribution is -0.132. The maximum atomic E-state index is 11.2. The number of aryl methyl sites for hydroxylation is 2. The Morgan fingerprint density at radius 2 is 2.12 bits per heavy atom. The highest BCUT2D eigenvalue weighted by Gasteiger charge is 2.21. The van der Waals surface area contributed by atoms with Gasteiger partial charge in [-0.05, 0) is 42.9 Å². The van der Waals surface area contributed by atoms with Gasteiger partial charge in [-0.25, -0.2) is 4.79 Å². The lowest BCUT2D eigenvalue weighted by atomic mass is 9.83. The molecule has 0 heterocycles. The Bertz CT molecular complexity index is 470. The molecule has 0 bridgehead atoms. The molecular weight excluding hydrogens is 200 g/mol. The molecule has 16 heavy (non-hydrogen) atoms. The zero-order valence-corrected chi connectivity index (χ0v) is 9.71. The Kier molecular flexibility index (Phi) is 2.82. The highest BCUT2D eigenvalue weighted by molar-refractivity contribution is 5.97. The van der Waals surface area contributed by atoms with E-state index in [0.29, 0.717) is 12.0 Å². The van der Waals surface area contributed by atoms with E-state index in [0.717, 1.165) is 24.0 Å². The number of carbonyl (C=O) groups is 1. The number of rotatable bonds is 2. The molecule has 0 atom stereocenters. The van der Waals surface area contributed by atoms with E-state index in [1.807, 2.05) is 13.8 Å². The Balaban J connectivity index is 2.61. The number of benzene rings is 1. The van der Waals surface area contributed by atoms with Crippen LogP contribution in [0.3, 0.4) is 0 Å². The van der Waals surface area contributed by atoms with Crippen molar-refractivity contribution in [2.45, 2.75) is 33.1 Å². The van der Waals surface area contributed by atoms with Gasteiger partial charge in [-0.1, -0.05) is 30.7 Å². The number of hydrogen-bond donors (Lipinski definition) is 1. The molecule has 0 aliphatic heterocycles. The summed E-state index contributed by atoms with van der Waals surface area (Å²) in [5, 5.41) is 9.18. The van der Waals surface area contributed by atoms with Gasteiger partial charge in [0.15, 0.2) is 0 Å². The number of carboxylic acid groups (broad SMARTS) is 1. The molecule has 0 spiro atoms. The maximum Gasteiger partial charge on any atom is 0.331 e. The molecule has 0 fully saturated rings. The molecule has 1 aromatic rings. The molecule has 0 saturated heterocycles. The summed E-state index contributed by atoms with van der Waals surface area (Å²) in [5.74, 6) is -0.760. The Hall–Kier alpha value is -1.57. The van der Waals surface area contributed by atoms with Crippen LogP contribution in [0.5, 0.6) is 0 Å². The van der Waals surface area contributed by atoms with Crippen molar-refractivity contribution in [1.29, 1.82) is 0 Å². The van der Waals surface area contributed by atoms with Crippen LogP contribution in [0.2, 0.25) is 0 Å². The topological polar surface area (TPSA) is 37.3 Å². The van der Waals surface area contributed by atoms with Gasteiger partial charge in [-0.2, -0.15) is 0 Å². The second kappa shape index (κ2) is 4.12. The van der Waals surface area contributed by atoms with Crippen molar-refractivity contribution in [2.75, 3.05) is 0 Å². The Morgan fingerprint density at radius 3 is 2.75 bits per heavy atom. The van der Waals surface area contributed by atoms with E-state index in [1.54, 1.807) is 0 Å². The molecular formula is C14H16O2. The van der Waals surface area contributed by atoms with Crippen molar-refractivity contribution in [1.82, 2.24) is 0 Å². The largest absolute Gasteiger partial charge is 0.478 e. The smallest absolute Gasteiger partial charge is 0.331 e. The summed E-state index contributed by atoms with van der Waals surface area (Å²) in [7, 11) is 0. The van der Waals surface area contributed by atoms with Gasteiger partial charge in [0.2, 0.25) is 0 Å². The maximum absolute atomic E-state index is 11.2. The molecule has 1 aromatic carbocycles. The number of allylic oxidation sites excluding steroid dienone is 1. The molecule has 2 nitrogen and oxygen atoms in total. The number of hydrogen-bond acceptors (Lipinski definition) is 1. The third-order valence-electron chi connectivity index (χ3n) is 3.21. The fourth-order valence-electron chi connectivity index (χ4n) is 2.40. The van der Waals surface area contributed by atoms with Gasteiger partial charge in [-0.15, -0.1) is 0 Å². The molecule has 0 amide bonds. The first-order valence-electron chi connectivity index (χ1n) is 5.68. The van der Waals surface area contributed by atoms with E-state index in [2.05, 4.69) is 18.2 Å². The van der Waals surface area contributed by atoms with E-state index in [4.69, 9.17) is 0 Å². The number of fused-ring (bicyclic) bond motifs is 1. The van der Waals surface area contributed by atoms with Gasteiger partial charge in [-0.3, -0.25) is 0 Å². The number of aliphatic carboxylic acids is 1. The monoisotopic (exact) mass is 216 g/mol. The first kappa shape index (κ1) is 10.9. The summed E-state index contributed by atoms with van der Waals surface area (Å²) in [6.07, 6.45) is 2.30. The summed E-state index contributed by atoms with van der Waals surface area (Å²) < 4.78 is 0. The standard InChI is InChI=1S/C14H16O2/c1-3-11-12(14(15)16)7-6-10-5-4-9(2)8-13(10)11/h4-5,8H,3,6-7H2,1-2H3,(H,15,16). The minimum atomic E-state index is -0.760. The number of carboxylic acids is 1. The fraction of sp³-hybridized carbons (Fsp3) is 0.357. The molecule has 2 rings (SSSR count). The van der Waals surface area contributed by atoms with Crippen molar-refractivity contribution in [3.05, 3.63) is 40.5 Å². The van der Waals surface area contributed by atoms with Crippen molar-refractivity contribution < 1.29 is 9.90 Å². The quantitative estimate of drug-likeness (QED) is 0.824. The molecule has 1 N–H and O–H groups in total. The summed E-state index contributed by atoms with van der Waals surface area (Å²) in [4.78, 5) is 11.2. The molecule has 84 valence electrons. The van der Waals surface area contributed by atoms with Gasteiger partial charge < -0.3 is 5.11 Å². The highest BCUT2D eigenvalue weighted by atomic mass is 16.4. The Morgan fingerprint density at radius 1 is 1.38 bits per heavy atom. The van der Waals surface area contributed by atoms with Crippen LogP contribution in [0, 0.1) is 6.92 Å². The van der Waals surface area contributed by atoms with Gasteiger partial charge in [0.05, 0.1) is 0 Å². The van der Waals surface area contributed by atoms with E-state index in [1.165, 1.54) is 11.1 Å². The predicted molar refractivity (Wildman–Crippen MR) is 64.3 cm³/mol. The molecule has 0 aromatic heterocycles. The van der Waals surface area contributed by atoms with Crippen LogP contribution >= 0.6 is 0 Å². The predicted octanol–water partition coefficient (Wildman–Crippen LogP) is 3.19. The third kappa shape index (κ3) is 1.75. The van der Waals surface area contributed by atoms with E-state index < -0.39 is 5.97 Å². The fourth-order valence-corrected chi connectivity index (χ4v) is 2.40. The Labute approximate surface area is 95.6 Å². The second-order valence-electron chi connectivity index (χ2n) is 4.28. The van der Waals surface area contributed by atoms with Crippen molar-refractivity contribution in [2.24, 2.45) is 0 Å². The first-order valence-corrected chi connectivity index (χ1v) is 5.68. The van der Waals surface area contributed by atoms with Crippen LogP contribution in [-0.4, -0.2) is 11.1 Å². The molecule has 2 heteroatoms. The molecule has 1 aliphatic carbocycles. The lowest BCUT2D eigenvalue weighted by Crippen LogP contribution is -2.11. The van der Waals surface area contributed by atoms with Gasteiger partial charge >= 0.3 is 5.97 Å². The SMILES string of the molecule is CCC1=C(C(=O)O)CCc2ccc(C)cc21. The summed E-state index contributed by atoms with van der Waals surface area (Å²) >= 11 is 0. The second-order valence-corrected chi connectivity index (χ2v) is 4.28.